The first-order valence-corrected chi connectivity index (χ1v) is 9.49. The molecule has 1 aromatic carbocycles. The predicted molar refractivity (Wildman–Crippen MR) is 96.2 cm³/mol. The maximum atomic E-state index is 12.9. The highest BCUT2D eigenvalue weighted by Gasteiger charge is 2.46. The maximum Gasteiger partial charge on any atom is 0.236 e. The number of likely N-dealkylation sites (tertiary alicyclic amines) is 1. The lowest BCUT2D eigenvalue weighted by Crippen LogP contribution is -2.57. The van der Waals surface area contributed by atoms with Crippen molar-refractivity contribution < 1.29 is 9.59 Å². The van der Waals surface area contributed by atoms with Crippen LogP contribution in [-0.4, -0.2) is 60.4 Å². The van der Waals surface area contributed by atoms with Gasteiger partial charge in [0.25, 0.3) is 0 Å². The van der Waals surface area contributed by atoms with Gasteiger partial charge in [0.1, 0.15) is 0 Å². The lowest BCUT2D eigenvalue weighted by Gasteiger charge is -2.41. The SMILES string of the molecule is Cc1cccc([C@@H]2C[C@H]2C(=O)N2CCCC(N3CCNCC3=O)C2)c1. The fourth-order valence-electron chi connectivity index (χ4n) is 4.39. The Kier molecular flexibility index (Phi) is 4.50. The number of amides is 2. The molecule has 1 unspecified atom stereocenters. The number of hydrogen-bond acceptors (Lipinski definition) is 3. The van der Waals surface area contributed by atoms with E-state index in [1.54, 1.807) is 0 Å². The number of piperidine rings is 1. The number of benzene rings is 1. The van der Waals surface area contributed by atoms with Crippen molar-refractivity contribution in [2.75, 3.05) is 32.7 Å². The monoisotopic (exact) mass is 341 g/mol. The molecule has 5 nitrogen and oxygen atoms in total. The molecule has 1 N–H and O–H groups in total. The zero-order chi connectivity index (χ0) is 17.4. The summed E-state index contributed by atoms with van der Waals surface area (Å²) in [7, 11) is 0. The zero-order valence-electron chi connectivity index (χ0n) is 14.9. The van der Waals surface area contributed by atoms with Crippen LogP contribution < -0.4 is 5.32 Å². The molecule has 3 atom stereocenters. The molecule has 1 aliphatic carbocycles. The number of piperazine rings is 1. The third-order valence-corrected chi connectivity index (χ3v) is 5.85. The molecular weight excluding hydrogens is 314 g/mol. The minimum Gasteiger partial charge on any atom is -0.340 e. The normalized spacial score (nSPS) is 29.6. The molecule has 134 valence electrons. The third-order valence-electron chi connectivity index (χ3n) is 5.85. The largest absolute Gasteiger partial charge is 0.340 e. The highest BCUT2D eigenvalue weighted by atomic mass is 16.2. The van der Waals surface area contributed by atoms with Crippen LogP contribution in [0.15, 0.2) is 24.3 Å². The van der Waals surface area contributed by atoms with Gasteiger partial charge in [0, 0.05) is 38.1 Å². The lowest BCUT2D eigenvalue weighted by molar-refractivity contribution is -0.141. The summed E-state index contributed by atoms with van der Waals surface area (Å²) in [4.78, 5) is 29.1. The van der Waals surface area contributed by atoms with Crippen LogP contribution in [0.1, 0.15) is 36.3 Å². The van der Waals surface area contributed by atoms with Crippen LogP contribution in [0.25, 0.3) is 0 Å². The Morgan fingerprint density at radius 1 is 1.28 bits per heavy atom. The van der Waals surface area contributed by atoms with Crippen LogP contribution in [0.4, 0.5) is 0 Å². The Hall–Kier alpha value is -1.88. The average Bonchev–Trinajstić information content (AvgIpc) is 3.42. The van der Waals surface area contributed by atoms with Gasteiger partial charge in [0.2, 0.25) is 11.8 Å². The summed E-state index contributed by atoms with van der Waals surface area (Å²) in [6.07, 6.45) is 2.98. The van der Waals surface area contributed by atoms with E-state index in [4.69, 9.17) is 0 Å². The van der Waals surface area contributed by atoms with E-state index in [1.807, 2.05) is 9.80 Å². The van der Waals surface area contributed by atoms with Crippen molar-refractivity contribution in [1.82, 2.24) is 15.1 Å². The van der Waals surface area contributed by atoms with Crippen molar-refractivity contribution in [3.05, 3.63) is 35.4 Å². The Bertz CT molecular complexity index is 675. The molecule has 2 amide bonds. The van der Waals surface area contributed by atoms with Crippen LogP contribution in [-0.2, 0) is 9.59 Å². The second kappa shape index (κ2) is 6.79. The standard InChI is InChI=1S/C20H27N3O2/c1-14-4-2-5-15(10-14)17-11-18(17)20(25)22-8-3-6-16(13-22)23-9-7-21-12-19(23)24/h2,4-5,10,16-18,21H,3,6-9,11-13H2,1H3/t16?,17-,18+/m0/s1. The molecule has 0 radical (unpaired) electrons. The molecule has 1 aromatic rings. The van der Waals surface area contributed by atoms with E-state index in [9.17, 15) is 9.59 Å². The van der Waals surface area contributed by atoms with Gasteiger partial charge >= 0.3 is 0 Å². The summed E-state index contributed by atoms with van der Waals surface area (Å²) in [6, 6.07) is 8.73. The van der Waals surface area contributed by atoms with E-state index >= 15 is 0 Å². The van der Waals surface area contributed by atoms with Crippen molar-refractivity contribution in [2.45, 2.75) is 38.1 Å². The van der Waals surface area contributed by atoms with Crippen LogP contribution >= 0.6 is 0 Å². The third kappa shape index (κ3) is 3.43. The molecule has 2 heterocycles. The van der Waals surface area contributed by atoms with Gasteiger partial charge in [-0.3, -0.25) is 9.59 Å². The fourth-order valence-corrected chi connectivity index (χ4v) is 4.39. The molecule has 3 aliphatic rings. The van der Waals surface area contributed by atoms with Crippen LogP contribution in [0, 0.1) is 12.8 Å². The number of carbonyl (C=O) groups excluding carboxylic acids is 2. The van der Waals surface area contributed by atoms with E-state index < -0.39 is 0 Å². The number of rotatable bonds is 3. The first-order valence-electron chi connectivity index (χ1n) is 9.49. The highest BCUT2D eigenvalue weighted by Crippen LogP contribution is 2.48. The molecule has 0 spiro atoms. The summed E-state index contributed by atoms with van der Waals surface area (Å²) in [6.45, 7) is 5.70. The zero-order valence-corrected chi connectivity index (χ0v) is 14.9. The Balaban J connectivity index is 1.38. The number of nitrogens with one attached hydrogen (secondary N) is 1. The van der Waals surface area contributed by atoms with Gasteiger partial charge in [-0.1, -0.05) is 29.8 Å². The van der Waals surface area contributed by atoms with E-state index in [2.05, 4.69) is 36.5 Å². The fraction of sp³-hybridized carbons (Fsp3) is 0.600. The van der Waals surface area contributed by atoms with Gasteiger partial charge in [-0.2, -0.15) is 0 Å². The summed E-state index contributed by atoms with van der Waals surface area (Å²) in [5.74, 6) is 0.987. The molecule has 0 bridgehead atoms. The summed E-state index contributed by atoms with van der Waals surface area (Å²) >= 11 is 0. The van der Waals surface area contributed by atoms with Gasteiger partial charge in [0.15, 0.2) is 0 Å². The van der Waals surface area contributed by atoms with E-state index in [1.165, 1.54) is 11.1 Å². The molecule has 4 rings (SSSR count). The predicted octanol–water partition coefficient (Wildman–Crippen LogP) is 1.52. The number of aryl methyl sites for hydroxylation is 1. The Morgan fingerprint density at radius 3 is 2.96 bits per heavy atom. The van der Waals surface area contributed by atoms with Crippen molar-refractivity contribution in [1.29, 1.82) is 0 Å². The van der Waals surface area contributed by atoms with Gasteiger partial charge in [0.05, 0.1) is 6.54 Å². The Morgan fingerprint density at radius 2 is 2.16 bits per heavy atom. The van der Waals surface area contributed by atoms with E-state index in [0.717, 1.165) is 38.9 Å². The minimum absolute atomic E-state index is 0.138. The minimum atomic E-state index is 0.138. The molecule has 3 fully saturated rings. The number of carbonyl (C=O) groups is 2. The van der Waals surface area contributed by atoms with Crippen LogP contribution in [0.3, 0.4) is 0 Å². The van der Waals surface area contributed by atoms with Crippen LogP contribution in [0.2, 0.25) is 0 Å². The van der Waals surface area contributed by atoms with Crippen molar-refractivity contribution in [2.24, 2.45) is 5.92 Å². The summed E-state index contributed by atoms with van der Waals surface area (Å²) in [5, 5.41) is 3.12. The summed E-state index contributed by atoms with van der Waals surface area (Å²) in [5.41, 5.74) is 2.55. The second-order valence-electron chi connectivity index (χ2n) is 7.71. The highest BCUT2D eigenvalue weighted by molar-refractivity contribution is 5.83. The topological polar surface area (TPSA) is 52.7 Å². The molecule has 0 aromatic heterocycles. The lowest BCUT2D eigenvalue weighted by atomic mass is 10.0. The first-order chi connectivity index (χ1) is 12.1. The summed E-state index contributed by atoms with van der Waals surface area (Å²) < 4.78 is 0. The molecule has 5 heteroatoms. The maximum absolute atomic E-state index is 12.9. The molecule has 2 aliphatic heterocycles. The first kappa shape index (κ1) is 16.6. The van der Waals surface area contributed by atoms with Gasteiger partial charge in [-0.25, -0.2) is 0 Å². The quantitative estimate of drug-likeness (QED) is 0.907. The Labute approximate surface area is 149 Å². The molecule has 25 heavy (non-hydrogen) atoms. The number of hydrogen-bond donors (Lipinski definition) is 1. The molecule has 2 saturated heterocycles. The van der Waals surface area contributed by atoms with E-state index in [-0.39, 0.29) is 17.9 Å². The van der Waals surface area contributed by atoms with Crippen LogP contribution in [0.5, 0.6) is 0 Å². The average molecular weight is 341 g/mol. The number of nitrogens with zero attached hydrogens (tertiary/aromatic N) is 2. The second-order valence-corrected chi connectivity index (χ2v) is 7.71. The smallest absolute Gasteiger partial charge is 0.236 e. The molecule has 1 saturated carbocycles. The molecular formula is C20H27N3O2. The van der Waals surface area contributed by atoms with Gasteiger partial charge < -0.3 is 15.1 Å². The van der Waals surface area contributed by atoms with Crippen molar-refractivity contribution >= 4 is 11.8 Å². The van der Waals surface area contributed by atoms with Crippen molar-refractivity contribution in [3.8, 4) is 0 Å². The van der Waals surface area contributed by atoms with E-state index in [0.29, 0.717) is 24.9 Å². The van der Waals surface area contributed by atoms with Gasteiger partial charge in [-0.15, -0.1) is 0 Å². The van der Waals surface area contributed by atoms with Gasteiger partial charge in [-0.05, 0) is 37.7 Å². The van der Waals surface area contributed by atoms with Crippen molar-refractivity contribution in [3.63, 3.8) is 0 Å².